The summed E-state index contributed by atoms with van der Waals surface area (Å²) in [5.74, 6) is 0. The first-order chi connectivity index (χ1) is 26.3. The van der Waals surface area contributed by atoms with E-state index in [1.807, 2.05) is 22.7 Å². The van der Waals surface area contributed by atoms with Gasteiger partial charge in [0.25, 0.3) is 0 Å². The molecule has 0 N–H and O–H groups in total. The first-order valence-electron chi connectivity index (χ1n) is 17.6. The van der Waals surface area contributed by atoms with Gasteiger partial charge in [-0.25, -0.2) is 0 Å². The number of rotatable bonds is 10. The molecule has 5 heteroatoms. The average Bonchev–Trinajstić information content (AvgIpc) is 4.03. The van der Waals surface area contributed by atoms with Gasteiger partial charge in [0.1, 0.15) is 10.0 Å². The minimum Gasteiger partial charge on any atom is -0.302 e. The molecule has 0 aliphatic carbocycles. The normalized spacial score (nSPS) is 11.0. The molecule has 0 saturated carbocycles. The van der Waals surface area contributed by atoms with Gasteiger partial charge in [0.05, 0.1) is 0 Å². The summed E-state index contributed by atoms with van der Waals surface area (Å²) >= 11 is 5.45. The van der Waals surface area contributed by atoms with E-state index in [0.29, 0.717) is 0 Å². The van der Waals surface area contributed by atoms with Crippen molar-refractivity contribution in [2.24, 2.45) is 0 Å². The van der Waals surface area contributed by atoms with Crippen molar-refractivity contribution in [3.8, 4) is 41.8 Å². The Labute approximate surface area is 322 Å². The van der Waals surface area contributed by atoms with Gasteiger partial charge >= 0.3 is 0 Å². The van der Waals surface area contributed by atoms with Gasteiger partial charge in [0.15, 0.2) is 0 Å². The summed E-state index contributed by atoms with van der Waals surface area (Å²) in [4.78, 5) is 9.80. The van der Waals surface area contributed by atoms with Gasteiger partial charge in [-0.3, -0.25) is 0 Å². The second kappa shape index (κ2) is 14.9. The van der Waals surface area contributed by atoms with Crippen molar-refractivity contribution in [2.45, 2.75) is 0 Å². The highest BCUT2D eigenvalue weighted by atomic mass is 32.1. The van der Waals surface area contributed by atoms with Gasteiger partial charge in [-0.15, -0.1) is 22.7 Å². The average molecular weight is 735 g/mol. The number of para-hydroxylation sites is 2. The first kappa shape index (κ1) is 32.9. The highest BCUT2D eigenvalue weighted by molar-refractivity contribution is 7.20. The van der Waals surface area contributed by atoms with Crippen LogP contribution in [0.1, 0.15) is 0 Å². The van der Waals surface area contributed by atoms with Gasteiger partial charge in [-0.2, -0.15) is 0 Å². The van der Waals surface area contributed by atoms with E-state index < -0.39 is 0 Å². The van der Waals surface area contributed by atoms with Crippen LogP contribution in [-0.4, -0.2) is 0 Å². The maximum Gasteiger partial charge on any atom is 0.102 e. The zero-order valence-electron chi connectivity index (χ0n) is 28.7. The smallest absolute Gasteiger partial charge is 0.102 e. The lowest BCUT2D eigenvalue weighted by atomic mass is 10.1. The second-order valence-corrected chi connectivity index (χ2v) is 15.8. The van der Waals surface area contributed by atoms with Crippen molar-refractivity contribution >= 4 is 66.8 Å². The molecule has 0 aliphatic rings. The number of hydrogen-bond acceptors (Lipinski definition) is 5. The number of anilines is 6. The molecule has 0 unspecified atom stereocenters. The van der Waals surface area contributed by atoms with E-state index in [4.69, 9.17) is 0 Å². The maximum absolute atomic E-state index is 2.36. The lowest BCUT2D eigenvalue weighted by Gasteiger charge is -2.25. The van der Waals surface area contributed by atoms with E-state index in [2.05, 4.69) is 216 Å². The van der Waals surface area contributed by atoms with E-state index in [-0.39, 0.29) is 0 Å². The van der Waals surface area contributed by atoms with Crippen molar-refractivity contribution in [1.82, 2.24) is 0 Å². The predicted molar refractivity (Wildman–Crippen MR) is 231 cm³/mol. The molecule has 0 aliphatic heterocycles. The van der Waals surface area contributed by atoms with Crippen LogP contribution in [0, 0.1) is 0 Å². The number of thiophene rings is 3. The van der Waals surface area contributed by atoms with Crippen molar-refractivity contribution in [3.05, 3.63) is 206 Å². The molecule has 9 aromatic rings. The van der Waals surface area contributed by atoms with Crippen LogP contribution in [0.25, 0.3) is 41.8 Å². The number of nitrogens with zero attached hydrogens (tertiary/aromatic N) is 2. The Balaban J connectivity index is 1.03. The molecule has 0 bridgehead atoms. The van der Waals surface area contributed by atoms with E-state index in [0.717, 1.165) is 32.8 Å². The Kier molecular flexibility index (Phi) is 9.27. The highest BCUT2D eigenvalue weighted by Gasteiger charge is 2.20. The summed E-state index contributed by atoms with van der Waals surface area (Å²) in [5, 5.41) is 2.29. The summed E-state index contributed by atoms with van der Waals surface area (Å²) in [6, 6.07) is 73.9. The summed E-state index contributed by atoms with van der Waals surface area (Å²) in [5.41, 5.74) is 9.44. The van der Waals surface area contributed by atoms with Gasteiger partial charge in [-0.05, 0) is 107 Å². The zero-order chi connectivity index (χ0) is 35.4. The highest BCUT2D eigenvalue weighted by Crippen LogP contribution is 2.46. The summed E-state index contributed by atoms with van der Waals surface area (Å²) in [6.45, 7) is 0. The molecule has 0 amide bonds. The molecule has 3 aromatic heterocycles. The molecular weight excluding hydrogens is 701 g/mol. The monoisotopic (exact) mass is 734 g/mol. The molecule has 9 rings (SSSR count). The molecule has 3 heterocycles. The van der Waals surface area contributed by atoms with Crippen LogP contribution in [0.5, 0.6) is 0 Å². The van der Waals surface area contributed by atoms with Gasteiger partial charge < -0.3 is 9.80 Å². The molecule has 254 valence electrons. The topological polar surface area (TPSA) is 6.48 Å². The van der Waals surface area contributed by atoms with Crippen molar-refractivity contribution in [2.75, 3.05) is 9.80 Å². The summed E-state index contributed by atoms with van der Waals surface area (Å²) in [7, 11) is 0. The Morgan fingerprint density at radius 3 is 0.849 bits per heavy atom. The molecule has 53 heavy (non-hydrogen) atoms. The summed E-state index contributed by atoms with van der Waals surface area (Å²) in [6.07, 6.45) is 0. The predicted octanol–water partition coefficient (Wildman–Crippen LogP) is 15.5. The van der Waals surface area contributed by atoms with E-state index in [9.17, 15) is 0 Å². The van der Waals surface area contributed by atoms with Crippen LogP contribution in [0.4, 0.5) is 32.8 Å². The zero-order valence-corrected chi connectivity index (χ0v) is 31.2. The lowest BCUT2D eigenvalue weighted by Crippen LogP contribution is -2.09. The quantitative estimate of drug-likeness (QED) is 0.138. The van der Waals surface area contributed by atoms with Crippen LogP contribution >= 0.6 is 34.0 Å². The van der Waals surface area contributed by atoms with Crippen LogP contribution in [0.2, 0.25) is 0 Å². The van der Waals surface area contributed by atoms with E-state index >= 15 is 0 Å². The largest absolute Gasteiger partial charge is 0.302 e. The third kappa shape index (κ3) is 6.98. The molecule has 2 nitrogen and oxygen atoms in total. The second-order valence-electron chi connectivity index (χ2n) is 12.6. The fourth-order valence-electron chi connectivity index (χ4n) is 6.57. The first-order valence-corrected chi connectivity index (χ1v) is 20.0. The molecule has 0 spiro atoms. The molecule has 0 fully saturated rings. The van der Waals surface area contributed by atoms with Gasteiger partial charge in [0, 0.05) is 42.3 Å². The Morgan fingerprint density at radius 1 is 0.226 bits per heavy atom. The van der Waals surface area contributed by atoms with Crippen molar-refractivity contribution in [1.29, 1.82) is 0 Å². The maximum atomic E-state index is 2.36. The Bertz CT molecular complexity index is 2360. The number of hydrogen-bond donors (Lipinski definition) is 0. The summed E-state index contributed by atoms with van der Waals surface area (Å²) < 4.78 is 0. The Morgan fingerprint density at radius 2 is 0.509 bits per heavy atom. The standard InChI is InChI=1S/C48H34N2S3/c1-5-13-35(14-6-1)43-29-31-45(51-43)37-21-25-41(26-22-37)49(39-17-9-3-10-18-39)47-33-34-48(53-47)50(40-19-11-4-12-20-40)42-27-23-38(24-28-42)46-32-30-44(52-46)36-15-7-2-8-16-36/h1-34H. The fourth-order valence-corrected chi connectivity index (χ4v) is 9.69. The molecule has 0 atom stereocenters. The van der Waals surface area contributed by atoms with Crippen molar-refractivity contribution in [3.63, 3.8) is 0 Å². The number of benzene rings is 6. The Hall–Kier alpha value is -5.98. The van der Waals surface area contributed by atoms with Gasteiger partial charge in [-0.1, -0.05) is 133 Å². The van der Waals surface area contributed by atoms with Crippen LogP contribution < -0.4 is 9.80 Å². The van der Waals surface area contributed by atoms with Crippen LogP contribution in [0.3, 0.4) is 0 Å². The molecule has 0 radical (unpaired) electrons. The van der Waals surface area contributed by atoms with E-state index in [1.165, 1.54) is 41.8 Å². The lowest BCUT2D eigenvalue weighted by molar-refractivity contribution is 1.31. The molecule has 0 saturated heterocycles. The minimum absolute atomic E-state index is 1.12. The minimum atomic E-state index is 1.12. The third-order valence-corrected chi connectivity index (χ3v) is 12.6. The van der Waals surface area contributed by atoms with Gasteiger partial charge in [0.2, 0.25) is 0 Å². The SMILES string of the molecule is c1ccc(-c2ccc(-c3ccc(N(c4ccccc4)c4ccc(N(c5ccccc5)c5ccc(-c6ccc(-c7ccccc7)s6)cc5)s4)cc3)s2)cc1. The van der Waals surface area contributed by atoms with Crippen molar-refractivity contribution < 1.29 is 0 Å². The third-order valence-electron chi connectivity index (χ3n) is 9.20. The van der Waals surface area contributed by atoms with E-state index in [1.54, 1.807) is 11.3 Å². The van der Waals surface area contributed by atoms with Crippen LogP contribution in [-0.2, 0) is 0 Å². The van der Waals surface area contributed by atoms with Crippen LogP contribution in [0.15, 0.2) is 206 Å². The fraction of sp³-hybridized carbons (Fsp3) is 0. The molecule has 6 aromatic carbocycles. The molecular formula is C48H34N2S3.